The van der Waals surface area contributed by atoms with Crippen LogP contribution in [0.4, 0.5) is 5.69 Å². The van der Waals surface area contributed by atoms with Gasteiger partial charge < -0.3 is 14.2 Å². The Morgan fingerprint density at radius 3 is 2.41 bits per heavy atom. The predicted octanol–water partition coefficient (Wildman–Crippen LogP) is 3.72. The van der Waals surface area contributed by atoms with Gasteiger partial charge in [-0.1, -0.05) is 0 Å². The quantitative estimate of drug-likeness (QED) is 0.550. The van der Waals surface area contributed by atoms with Gasteiger partial charge in [-0.2, -0.15) is 0 Å². The minimum atomic E-state index is -0.412. The molecule has 0 aromatic heterocycles. The van der Waals surface area contributed by atoms with Crippen LogP contribution in [-0.2, 0) is 9.53 Å². The molecule has 3 rings (SSSR count). The average molecular weight is 412 g/mol. The van der Waals surface area contributed by atoms with E-state index < -0.39 is 5.97 Å². The van der Waals surface area contributed by atoms with Crippen molar-refractivity contribution < 1.29 is 23.8 Å². The maximum Gasteiger partial charge on any atom is 0.337 e. The summed E-state index contributed by atoms with van der Waals surface area (Å²) in [6.07, 6.45) is 1.77. The van der Waals surface area contributed by atoms with Gasteiger partial charge in [0, 0.05) is 18.7 Å². The van der Waals surface area contributed by atoms with Gasteiger partial charge in [-0.15, -0.1) is 0 Å². The second kappa shape index (κ2) is 8.83. The highest BCUT2D eigenvalue weighted by molar-refractivity contribution is 8.18. The number of hydrogen-bond acceptors (Lipinski definition) is 7. The number of amides is 1. The number of likely N-dealkylation sites (N-methyl/N-ethyl adjacent to an activating group) is 1. The maximum atomic E-state index is 12.6. The highest BCUT2D eigenvalue weighted by Gasteiger charge is 2.30. The molecule has 0 spiro atoms. The Labute approximate surface area is 173 Å². The average Bonchev–Trinajstić information content (AvgIpc) is 3.01. The third kappa shape index (κ3) is 4.43. The molecule has 29 heavy (non-hydrogen) atoms. The van der Waals surface area contributed by atoms with E-state index in [0.29, 0.717) is 32.8 Å². The van der Waals surface area contributed by atoms with Crippen LogP contribution in [0, 0.1) is 0 Å². The van der Waals surface area contributed by atoms with Crippen LogP contribution >= 0.6 is 11.8 Å². The third-order valence-corrected chi connectivity index (χ3v) is 5.30. The van der Waals surface area contributed by atoms with Gasteiger partial charge in [0.05, 0.1) is 37.5 Å². The van der Waals surface area contributed by atoms with Crippen LogP contribution in [0.3, 0.4) is 0 Å². The van der Waals surface area contributed by atoms with Gasteiger partial charge in [0.15, 0.2) is 5.17 Å². The molecule has 1 aliphatic rings. The van der Waals surface area contributed by atoms with E-state index >= 15 is 0 Å². The summed E-state index contributed by atoms with van der Waals surface area (Å²) < 4.78 is 15.3. The van der Waals surface area contributed by atoms with E-state index in [2.05, 4.69) is 9.73 Å². The van der Waals surface area contributed by atoms with Gasteiger partial charge in [-0.05, 0) is 54.2 Å². The number of carbonyl (C=O) groups is 2. The van der Waals surface area contributed by atoms with Crippen molar-refractivity contribution in [3.8, 4) is 11.5 Å². The summed E-state index contributed by atoms with van der Waals surface area (Å²) in [5, 5.41) is 0.541. The summed E-state index contributed by atoms with van der Waals surface area (Å²) >= 11 is 1.27. The molecule has 0 saturated carbocycles. The molecule has 0 radical (unpaired) electrons. The summed E-state index contributed by atoms with van der Waals surface area (Å²) in [6.45, 7) is 0. The predicted molar refractivity (Wildman–Crippen MR) is 113 cm³/mol. The van der Waals surface area contributed by atoms with Crippen LogP contribution in [0.1, 0.15) is 15.9 Å². The number of carbonyl (C=O) groups excluding carboxylic acids is 2. The minimum absolute atomic E-state index is 0.155. The van der Waals surface area contributed by atoms with Crippen molar-refractivity contribution in [2.75, 3.05) is 28.4 Å². The Morgan fingerprint density at radius 1 is 1.07 bits per heavy atom. The molecule has 1 saturated heterocycles. The maximum absolute atomic E-state index is 12.6. The Balaban J connectivity index is 1.87. The van der Waals surface area contributed by atoms with E-state index in [1.807, 2.05) is 6.07 Å². The Bertz CT molecular complexity index is 999. The lowest BCUT2D eigenvalue weighted by molar-refractivity contribution is -0.121. The molecule has 8 heteroatoms. The van der Waals surface area contributed by atoms with Gasteiger partial charge in [0.1, 0.15) is 11.5 Å². The lowest BCUT2D eigenvalue weighted by Gasteiger charge is -2.08. The zero-order chi connectivity index (χ0) is 21.0. The second-order valence-electron chi connectivity index (χ2n) is 6.02. The zero-order valence-corrected chi connectivity index (χ0v) is 17.3. The van der Waals surface area contributed by atoms with E-state index in [-0.39, 0.29) is 5.91 Å². The second-order valence-corrected chi connectivity index (χ2v) is 7.02. The monoisotopic (exact) mass is 412 g/mol. The van der Waals surface area contributed by atoms with Crippen molar-refractivity contribution in [2.24, 2.45) is 4.99 Å². The van der Waals surface area contributed by atoms with Gasteiger partial charge in [0.25, 0.3) is 5.91 Å². The number of amidine groups is 1. The smallest absolute Gasteiger partial charge is 0.337 e. The molecule has 2 aromatic carbocycles. The van der Waals surface area contributed by atoms with E-state index in [9.17, 15) is 9.59 Å². The fourth-order valence-electron chi connectivity index (χ4n) is 2.63. The Hall–Kier alpha value is -3.26. The first kappa shape index (κ1) is 20.5. The number of benzene rings is 2. The van der Waals surface area contributed by atoms with Gasteiger partial charge in [0.2, 0.25) is 0 Å². The molecule has 150 valence electrons. The lowest BCUT2D eigenvalue weighted by Crippen LogP contribution is -2.23. The molecule has 1 amide bonds. The molecule has 1 fully saturated rings. The summed E-state index contributed by atoms with van der Waals surface area (Å²) in [7, 11) is 6.15. The zero-order valence-electron chi connectivity index (χ0n) is 16.5. The summed E-state index contributed by atoms with van der Waals surface area (Å²) in [5.74, 6) is 0.712. The molecule has 2 aromatic rings. The highest BCUT2D eigenvalue weighted by atomic mass is 32.2. The van der Waals surface area contributed by atoms with Crippen LogP contribution in [0.2, 0.25) is 0 Å². The summed E-state index contributed by atoms with van der Waals surface area (Å²) in [6, 6.07) is 12.1. The van der Waals surface area contributed by atoms with Crippen molar-refractivity contribution in [3.05, 3.63) is 58.5 Å². The number of nitrogens with zero attached hydrogens (tertiary/aromatic N) is 2. The standard InChI is InChI=1S/C21H20N2O5S/c1-23-19(24)18(11-14-7-10-16(26-2)12-17(14)27-3)29-21(23)22-15-8-5-13(6-9-15)20(25)28-4/h5-12H,1-4H3/b18-11+,22-21?. The van der Waals surface area contributed by atoms with E-state index in [1.165, 1.54) is 23.8 Å². The third-order valence-electron chi connectivity index (χ3n) is 4.24. The van der Waals surface area contributed by atoms with Crippen molar-refractivity contribution in [2.45, 2.75) is 0 Å². The molecule has 0 bridgehead atoms. The number of methoxy groups -OCH3 is 3. The lowest BCUT2D eigenvalue weighted by atomic mass is 10.1. The molecule has 1 aliphatic heterocycles. The molecular formula is C21H20N2O5S. The molecule has 0 N–H and O–H groups in total. The van der Waals surface area contributed by atoms with E-state index in [0.717, 1.165) is 5.56 Å². The number of rotatable bonds is 5. The Morgan fingerprint density at radius 2 is 1.79 bits per heavy atom. The van der Waals surface area contributed by atoms with Crippen LogP contribution < -0.4 is 9.47 Å². The largest absolute Gasteiger partial charge is 0.497 e. The Kier molecular flexibility index (Phi) is 6.23. The van der Waals surface area contributed by atoms with Crippen molar-refractivity contribution in [1.29, 1.82) is 0 Å². The van der Waals surface area contributed by atoms with Crippen LogP contribution in [0.5, 0.6) is 11.5 Å². The molecular weight excluding hydrogens is 392 g/mol. The number of aliphatic imine (C=N–C) groups is 1. The first-order valence-electron chi connectivity index (χ1n) is 8.63. The van der Waals surface area contributed by atoms with Crippen molar-refractivity contribution >= 4 is 40.6 Å². The number of ether oxygens (including phenoxy) is 3. The fourth-order valence-corrected chi connectivity index (χ4v) is 3.61. The molecule has 1 heterocycles. The minimum Gasteiger partial charge on any atom is -0.497 e. The van der Waals surface area contributed by atoms with E-state index in [4.69, 9.17) is 9.47 Å². The summed E-state index contributed by atoms with van der Waals surface area (Å²) in [5.41, 5.74) is 1.83. The first-order chi connectivity index (χ1) is 14.0. The van der Waals surface area contributed by atoms with Crippen molar-refractivity contribution in [3.63, 3.8) is 0 Å². The van der Waals surface area contributed by atoms with Gasteiger partial charge in [-0.25, -0.2) is 9.79 Å². The first-order valence-corrected chi connectivity index (χ1v) is 9.45. The normalized spacial score (nSPS) is 16.4. The summed E-state index contributed by atoms with van der Waals surface area (Å²) in [4.78, 5) is 30.7. The highest BCUT2D eigenvalue weighted by Crippen LogP contribution is 2.35. The molecule has 0 unspecified atom stereocenters. The topological polar surface area (TPSA) is 77.4 Å². The number of esters is 1. The SMILES string of the molecule is COC(=O)c1ccc(N=C2S/C(=C/c3ccc(OC)cc3OC)C(=O)N2C)cc1. The van der Waals surface area contributed by atoms with Crippen molar-refractivity contribution in [1.82, 2.24) is 4.90 Å². The van der Waals surface area contributed by atoms with Crippen LogP contribution in [0.25, 0.3) is 6.08 Å². The van der Waals surface area contributed by atoms with Gasteiger partial charge in [-0.3, -0.25) is 9.69 Å². The van der Waals surface area contributed by atoms with Crippen LogP contribution in [-0.4, -0.2) is 50.3 Å². The van der Waals surface area contributed by atoms with E-state index in [1.54, 1.807) is 63.7 Å². The van der Waals surface area contributed by atoms with Crippen LogP contribution in [0.15, 0.2) is 52.4 Å². The molecule has 7 nitrogen and oxygen atoms in total. The van der Waals surface area contributed by atoms with Gasteiger partial charge >= 0.3 is 5.97 Å². The molecule has 0 aliphatic carbocycles. The molecule has 0 atom stereocenters. The fraction of sp³-hybridized carbons (Fsp3) is 0.190. The number of hydrogen-bond donors (Lipinski definition) is 0. The number of thioether (sulfide) groups is 1.